The molecule has 0 N–H and O–H groups in total. The summed E-state index contributed by atoms with van der Waals surface area (Å²) in [5, 5.41) is 0. The van der Waals surface area contributed by atoms with Crippen LogP contribution in [0, 0.1) is 22.7 Å². The van der Waals surface area contributed by atoms with Crippen LogP contribution in [0.1, 0.15) is 163 Å². The second-order valence-corrected chi connectivity index (χ2v) is 22.5. The Bertz CT molecular complexity index is 2720. The Morgan fingerprint density at radius 3 is 1.17 bits per heavy atom. The number of alkyl halides is 6. The molecule has 16 heteroatoms. The number of hydrogen-bond donors (Lipinski definition) is 0. The minimum atomic E-state index is -4.74. The van der Waals surface area contributed by atoms with E-state index in [1.54, 1.807) is 48.5 Å². The first-order chi connectivity index (χ1) is 33.4. The lowest BCUT2D eigenvalue weighted by Crippen LogP contribution is -2.33. The third kappa shape index (κ3) is 11.9. The van der Waals surface area contributed by atoms with Gasteiger partial charge in [-0.1, -0.05) is 65.8 Å². The van der Waals surface area contributed by atoms with E-state index in [1.807, 2.05) is 39.8 Å². The molecule has 2 heterocycles. The van der Waals surface area contributed by atoms with Crippen LogP contribution >= 0.6 is 0 Å². The quantitative estimate of drug-likeness (QED) is 0.0987. The average molecular weight is 1010 g/mol. The summed E-state index contributed by atoms with van der Waals surface area (Å²) in [5.74, 6) is 1.28. The third-order valence-corrected chi connectivity index (χ3v) is 14.4. The molecule has 0 bridgehead atoms. The van der Waals surface area contributed by atoms with E-state index in [4.69, 9.17) is 19.4 Å². The standard InChI is InChI=1S/2C28H33F3N2O3/c2*1-17-13-20(16-26(2,3)15-17)33-23-12-7-18(24(34)35-6)14-22(23)32-25(33)27(4,5)19-8-10-21(11-9-19)36-28(29,30)31/h2*7-12,14,17,20H,13,15-16H2,1-6H3/t2*17-,20+/m10/s1. The van der Waals surface area contributed by atoms with Crippen LogP contribution in [0.2, 0.25) is 0 Å². The summed E-state index contributed by atoms with van der Waals surface area (Å²) < 4.78 is 98.4. The molecule has 72 heavy (non-hydrogen) atoms. The number of hydrogen-bond acceptors (Lipinski definition) is 8. The lowest BCUT2D eigenvalue weighted by Gasteiger charge is -2.41. The molecule has 8 rings (SSSR count). The Labute approximate surface area is 417 Å². The minimum Gasteiger partial charge on any atom is -0.465 e. The van der Waals surface area contributed by atoms with Crippen molar-refractivity contribution in [2.24, 2.45) is 22.7 Å². The smallest absolute Gasteiger partial charge is 0.465 e. The van der Waals surface area contributed by atoms with Gasteiger partial charge < -0.3 is 28.1 Å². The van der Waals surface area contributed by atoms with Gasteiger partial charge >= 0.3 is 24.7 Å². The van der Waals surface area contributed by atoms with Crippen molar-refractivity contribution < 1.29 is 54.9 Å². The van der Waals surface area contributed by atoms with E-state index in [9.17, 15) is 35.9 Å². The number of ether oxygens (including phenoxy) is 4. The number of halogens is 6. The van der Waals surface area contributed by atoms with Crippen molar-refractivity contribution in [1.29, 1.82) is 0 Å². The zero-order valence-corrected chi connectivity index (χ0v) is 43.1. The fourth-order valence-electron chi connectivity index (χ4n) is 11.7. The largest absolute Gasteiger partial charge is 0.573 e. The maximum Gasteiger partial charge on any atom is 0.573 e. The maximum absolute atomic E-state index is 12.7. The molecule has 2 aliphatic carbocycles. The molecule has 0 aliphatic heterocycles. The fourth-order valence-corrected chi connectivity index (χ4v) is 11.7. The van der Waals surface area contributed by atoms with E-state index in [0.29, 0.717) is 34.0 Å². The van der Waals surface area contributed by atoms with Crippen molar-refractivity contribution in [1.82, 2.24) is 19.1 Å². The highest BCUT2D eigenvalue weighted by Gasteiger charge is 2.41. The zero-order valence-electron chi connectivity index (χ0n) is 43.1. The van der Waals surface area contributed by atoms with Crippen LogP contribution in [0.4, 0.5) is 26.3 Å². The molecule has 6 aromatic rings. The first-order valence-corrected chi connectivity index (χ1v) is 24.3. The van der Waals surface area contributed by atoms with Crippen molar-refractivity contribution in [2.45, 2.75) is 143 Å². The molecule has 0 unspecified atom stereocenters. The second kappa shape index (κ2) is 19.8. The van der Waals surface area contributed by atoms with E-state index >= 15 is 0 Å². The van der Waals surface area contributed by atoms with Gasteiger partial charge in [0, 0.05) is 22.9 Å². The summed E-state index contributed by atoms with van der Waals surface area (Å²) in [6, 6.07) is 23.2. The molecule has 2 saturated carbocycles. The van der Waals surface area contributed by atoms with Gasteiger partial charge in [0.2, 0.25) is 0 Å². The number of benzene rings is 4. The molecule has 10 nitrogen and oxygen atoms in total. The van der Waals surface area contributed by atoms with Crippen molar-refractivity contribution in [3.05, 3.63) is 119 Å². The molecule has 388 valence electrons. The number of carbonyl (C=O) groups is 2. The summed E-state index contributed by atoms with van der Waals surface area (Å²) in [5.41, 5.74) is 4.74. The van der Waals surface area contributed by atoms with E-state index in [1.165, 1.54) is 38.5 Å². The van der Waals surface area contributed by atoms with Gasteiger partial charge in [0.1, 0.15) is 23.1 Å². The highest BCUT2D eigenvalue weighted by Crippen LogP contribution is 2.49. The number of methoxy groups -OCH3 is 2. The SMILES string of the molecule is COC(=O)c1ccc2c(c1)nc(C(C)(C)c1ccc(OC(F)(F)F)cc1)n2[C@@H]1C[C@H](C)CC(C)(C)C1.COC(=O)c1ccc2c(c1)nc(C(C)(C)c1ccc(OC(F)(F)F)cc1)n2[C@H]1C[C@@H](C)CC(C)(C)C1. The van der Waals surface area contributed by atoms with Gasteiger partial charge in [-0.05, 0) is 161 Å². The summed E-state index contributed by atoms with van der Waals surface area (Å²) >= 11 is 0. The molecule has 0 saturated heterocycles. The van der Waals surface area contributed by atoms with Crippen molar-refractivity contribution in [2.75, 3.05) is 14.2 Å². The van der Waals surface area contributed by atoms with Crippen LogP contribution in [-0.2, 0) is 20.3 Å². The van der Waals surface area contributed by atoms with Gasteiger partial charge in [-0.15, -0.1) is 26.3 Å². The molecule has 0 amide bonds. The summed E-state index contributed by atoms with van der Waals surface area (Å²) in [6.45, 7) is 21.8. The molecule has 2 aromatic heterocycles. The molecule has 2 aliphatic rings. The van der Waals surface area contributed by atoms with Gasteiger partial charge in [0.25, 0.3) is 0 Å². The van der Waals surface area contributed by atoms with Crippen LogP contribution in [-0.4, -0.2) is 58.0 Å². The average Bonchev–Trinajstić information content (AvgIpc) is 3.87. The molecular weight excluding hydrogens is 939 g/mol. The van der Waals surface area contributed by atoms with Crippen LogP contribution in [0.25, 0.3) is 22.1 Å². The monoisotopic (exact) mass is 1000 g/mol. The molecule has 2 fully saturated rings. The highest BCUT2D eigenvalue weighted by molar-refractivity contribution is 5.94. The van der Waals surface area contributed by atoms with Crippen molar-refractivity contribution >= 4 is 34.0 Å². The summed E-state index contributed by atoms with van der Waals surface area (Å²) in [4.78, 5) is 34.4. The lowest BCUT2D eigenvalue weighted by molar-refractivity contribution is -0.275. The number of rotatable bonds is 10. The van der Waals surface area contributed by atoms with Crippen LogP contribution in [0.15, 0.2) is 84.9 Å². The number of aromatic nitrogens is 4. The van der Waals surface area contributed by atoms with E-state index in [-0.39, 0.29) is 34.4 Å². The molecule has 0 spiro atoms. The molecule has 4 aromatic carbocycles. The fraction of sp³-hybridized carbons (Fsp3) is 0.500. The van der Waals surface area contributed by atoms with Crippen molar-refractivity contribution in [3.8, 4) is 11.5 Å². The Morgan fingerprint density at radius 2 is 0.875 bits per heavy atom. The Kier molecular flexibility index (Phi) is 14.7. The molecule has 4 atom stereocenters. The third-order valence-electron chi connectivity index (χ3n) is 14.4. The van der Waals surface area contributed by atoms with E-state index < -0.39 is 35.5 Å². The number of fused-ring (bicyclic) bond motifs is 2. The van der Waals surface area contributed by atoms with Gasteiger partial charge in [0.05, 0.1) is 47.4 Å². The van der Waals surface area contributed by atoms with Crippen LogP contribution < -0.4 is 9.47 Å². The molecular formula is C56H66F6N4O6. The first kappa shape index (κ1) is 53.7. The van der Waals surface area contributed by atoms with Gasteiger partial charge in [-0.25, -0.2) is 19.6 Å². The van der Waals surface area contributed by atoms with Gasteiger partial charge in [-0.2, -0.15) is 0 Å². The predicted octanol–water partition coefficient (Wildman–Crippen LogP) is 14.9. The predicted molar refractivity (Wildman–Crippen MR) is 264 cm³/mol. The van der Waals surface area contributed by atoms with Crippen LogP contribution in [0.3, 0.4) is 0 Å². The van der Waals surface area contributed by atoms with Gasteiger partial charge in [-0.3, -0.25) is 0 Å². The number of carbonyl (C=O) groups excluding carboxylic acids is 2. The van der Waals surface area contributed by atoms with Crippen molar-refractivity contribution in [3.63, 3.8) is 0 Å². The molecule has 0 radical (unpaired) electrons. The Balaban J connectivity index is 0.000000211. The topological polar surface area (TPSA) is 107 Å². The normalized spacial score (nSPS) is 20.4. The maximum atomic E-state index is 12.7. The Hall–Kier alpha value is -6.06. The second-order valence-electron chi connectivity index (χ2n) is 22.5. The summed E-state index contributed by atoms with van der Waals surface area (Å²) in [6.07, 6.45) is -3.26. The van der Waals surface area contributed by atoms with E-state index in [0.717, 1.165) is 72.3 Å². The minimum absolute atomic E-state index is 0.156. The Morgan fingerprint density at radius 1 is 0.542 bits per heavy atom. The van der Waals surface area contributed by atoms with Crippen LogP contribution in [0.5, 0.6) is 11.5 Å². The number of esters is 2. The van der Waals surface area contributed by atoms with Gasteiger partial charge in [0.15, 0.2) is 0 Å². The summed E-state index contributed by atoms with van der Waals surface area (Å²) in [7, 11) is 2.69. The lowest BCUT2D eigenvalue weighted by atomic mass is 9.70. The zero-order chi connectivity index (χ0) is 52.9. The van der Waals surface area contributed by atoms with E-state index in [2.05, 4.69) is 60.2 Å². The number of imidazole rings is 2. The highest BCUT2D eigenvalue weighted by atomic mass is 19.4. The number of nitrogens with zero attached hydrogens (tertiary/aromatic N) is 4. The first-order valence-electron chi connectivity index (χ1n) is 24.3.